The molecule has 1 aliphatic heterocycles. The molecule has 124 valence electrons. The van der Waals surface area contributed by atoms with Crippen LogP contribution in [0.3, 0.4) is 0 Å². The first-order valence-electron chi connectivity index (χ1n) is 8.03. The molecule has 1 saturated heterocycles. The van der Waals surface area contributed by atoms with E-state index < -0.39 is 0 Å². The van der Waals surface area contributed by atoms with Crippen molar-refractivity contribution in [2.24, 2.45) is 5.73 Å². The van der Waals surface area contributed by atoms with Crippen LogP contribution < -0.4 is 10.5 Å². The Kier molecular flexibility index (Phi) is 6.90. The van der Waals surface area contributed by atoms with Crippen molar-refractivity contribution in [3.05, 3.63) is 65.7 Å². The fraction of sp³-hybridized carbons (Fsp3) is 0.368. The maximum absolute atomic E-state index is 6.04. The average Bonchev–Trinajstić information content (AvgIpc) is 2.55. The van der Waals surface area contributed by atoms with Gasteiger partial charge in [-0.25, -0.2) is 0 Å². The molecule has 3 rings (SSSR count). The molecule has 0 spiro atoms. The zero-order valence-corrected chi connectivity index (χ0v) is 14.2. The third kappa shape index (κ3) is 5.54. The summed E-state index contributed by atoms with van der Waals surface area (Å²) in [6, 6.07) is 19.0. The lowest BCUT2D eigenvalue weighted by Crippen LogP contribution is -2.42. The SMILES string of the molecule is Cl.NC1CCCN(Cc2ccc(OCc3ccccc3)cc2)C1. The van der Waals surface area contributed by atoms with E-state index in [4.69, 9.17) is 10.5 Å². The van der Waals surface area contributed by atoms with Gasteiger partial charge in [0.15, 0.2) is 0 Å². The van der Waals surface area contributed by atoms with Gasteiger partial charge in [0.05, 0.1) is 0 Å². The van der Waals surface area contributed by atoms with E-state index in [0.29, 0.717) is 12.6 Å². The summed E-state index contributed by atoms with van der Waals surface area (Å²) in [4.78, 5) is 2.44. The van der Waals surface area contributed by atoms with E-state index in [-0.39, 0.29) is 12.4 Å². The molecule has 0 saturated carbocycles. The summed E-state index contributed by atoms with van der Waals surface area (Å²) in [6.45, 7) is 3.75. The van der Waals surface area contributed by atoms with Gasteiger partial charge in [-0.05, 0) is 42.6 Å². The van der Waals surface area contributed by atoms with Gasteiger partial charge in [-0.3, -0.25) is 4.90 Å². The Balaban J connectivity index is 0.00000192. The van der Waals surface area contributed by atoms with Crippen LogP contribution in [-0.4, -0.2) is 24.0 Å². The second-order valence-electron chi connectivity index (χ2n) is 6.06. The number of halogens is 1. The van der Waals surface area contributed by atoms with E-state index in [2.05, 4.69) is 41.3 Å². The summed E-state index contributed by atoms with van der Waals surface area (Å²) in [5, 5.41) is 0. The Morgan fingerprint density at radius 1 is 1.00 bits per heavy atom. The van der Waals surface area contributed by atoms with Gasteiger partial charge in [0, 0.05) is 19.1 Å². The molecule has 1 atom stereocenters. The molecule has 0 bridgehead atoms. The Labute approximate surface area is 144 Å². The summed E-state index contributed by atoms with van der Waals surface area (Å²) in [7, 11) is 0. The van der Waals surface area contributed by atoms with Gasteiger partial charge in [-0.2, -0.15) is 0 Å². The minimum Gasteiger partial charge on any atom is -0.489 e. The van der Waals surface area contributed by atoms with Crippen LogP contribution in [0.2, 0.25) is 0 Å². The molecule has 1 heterocycles. The standard InChI is InChI=1S/C19H24N2O.ClH/c20-18-7-4-12-21(14-18)13-16-8-10-19(11-9-16)22-15-17-5-2-1-3-6-17;/h1-3,5-6,8-11,18H,4,7,12-15,20H2;1H. The van der Waals surface area contributed by atoms with Crippen LogP contribution in [0, 0.1) is 0 Å². The predicted octanol–water partition coefficient (Wildman–Crippen LogP) is 3.61. The maximum atomic E-state index is 6.04. The second kappa shape index (κ2) is 8.92. The third-order valence-corrected chi connectivity index (χ3v) is 4.12. The first-order valence-corrected chi connectivity index (χ1v) is 8.03. The largest absolute Gasteiger partial charge is 0.489 e. The summed E-state index contributed by atoms with van der Waals surface area (Å²) in [5.74, 6) is 0.919. The van der Waals surface area contributed by atoms with Gasteiger partial charge in [-0.15, -0.1) is 12.4 Å². The summed E-state index contributed by atoms with van der Waals surface area (Å²) in [5.41, 5.74) is 8.55. The molecule has 1 unspecified atom stereocenters. The Morgan fingerprint density at radius 3 is 2.43 bits per heavy atom. The first-order chi connectivity index (χ1) is 10.8. The van der Waals surface area contributed by atoms with Gasteiger partial charge >= 0.3 is 0 Å². The monoisotopic (exact) mass is 332 g/mol. The van der Waals surface area contributed by atoms with Crippen LogP contribution in [0.15, 0.2) is 54.6 Å². The molecule has 0 radical (unpaired) electrons. The molecule has 2 aromatic carbocycles. The minimum atomic E-state index is 0. The molecule has 23 heavy (non-hydrogen) atoms. The molecule has 4 heteroatoms. The van der Waals surface area contributed by atoms with Crippen molar-refractivity contribution in [2.75, 3.05) is 13.1 Å². The highest BCUT2D eigenvalue weighted by molar-refractivity contribution is 5.85. The molecular formula is C19H25ClN2O. The Hall–Kier alpha value is -1.55. The van der Waals surface area contributed by atoms with Crippen molar-refractivity contribution in [1.82, 2.24) is 4.90 Å². The lowest BCUT2D eigenvalue weighted by Gasteiger charge is -2.30. The average molecular weight is 333 g/mol. The highest BCUT2D eigenvalue weighted by Gasteiger charge is 2.16. The van der Waals surface area contributed by atoms with E-state index in [1.54, 1.807) is 0 Å². The number of nitrogens with two attached hydrogens (primary N) is 1. The van der Waals surface area contributed by atoms with Crippen LogP contribution in [0.25, 0.3) is 0 Å². The highest BCUT2D eigenvalue weighted by Crippen LogP contribution is 2.17. The number of rotatable bonds is 5. The number of ether oxygens (including phenoxy) is 1. The zero-order valence-electron chi connectivity index (χ0n) is 13.4. The summed E-state index contributed by atoms with van der Waals surface area (Å²) in [6.07, 6.45) is 2.36. The smallest absolute Gasteiger partial charge is 0.119 e. The van der Waals surface area contributed by atoms with Gasteiger partial charge in [-0.1, -0.05) is 42.5 Å². The highest BCUT2D eigenvalue weighted by atomic mass is 35.5. The van der Waals surface area contributed by atoms with Crippen LogP contribution in [0.4, 0.5) is 0 Å². The maximum Gasteiger partial charge on any atom is 0.119 e. The molecule has 1 fully saturated rings. The normalized spacial score (nSPS) is 18.2. The zero-order chi connectivity index (χ0) is 15.2. The van der Waals surface area contributed by atoms with E-state index in [0.717, 1.165) is 31.8 Å². The Morgan fingerprint density at radius 2 is 1.74 bits per heavy atom. The van der Waals surface area contributed by atoms with Crippen molar-refractivity contribution >= 4 is 12.4 Å². The van der Waals surface area contributed by atoms with Crippen LogP contribution in [0.5, 0.6) is 5.75 Å². The van der Waals surface area contributed by atoms with E-state index in [1.807, 2.05) is 18.2 Å². The molecular weight excluding hydrogens is 308 g/mol. The minimum absolute atomic E-state index is 0. The van der Waals surface area contributed by atoms with Crippen molar-refractivity contribution < 1.29 is 4.74 Å². The lowest BCUT2D eigenvalue weighted by atomic mass is 10.1. The van der Waals surface area contributed by atoms with Gasteiger partial charge in [0.2, 0.25) is 0 Å². The number of nitrogens with zero attached hydrogens (tertiary/aromatic N) is 1. The molecule has 3 nitrogen and oxygen atoms in total. The topological polar surface area (TPSA) is 38.5 Å². The number of hydrogen-bond acceptors (Lipinski definition) is 3. The van der Waals surface area contributed by atoms with Crippen molar-refractivity contribution in [3.63, 3.8) is 0 Å². The van der Waals surface area contributed by atoms with E-state index in [1.165, 1.54) is 17.5 Å². The van der Waals surface area contributed by atoms with Gasteiger partial charge < -0.3 is 10.5 Å². The fourth-order valence-corrected chi connectivity index (χ4v) is 2.93. The van der Waals surface area contributed by atoms with Crippen LogP contribution in [-0.2, 0) is 13.2 Å². The molecule has 2 N–H and O–H groups in total. The van der Waals surface area contributed by atoms with E-state index >= 15 is 0 Å². The molecule has 0 amide bonds. The summed E-state index contributed by atoms with van der Waals surface area (Å²) < 4.78 is 5.82. The molecule has 1 aliphatic rings. The molecule has 2 aromatic rings. The van der Waals surface area contributed by atoms with Gasteiger partial charge in [0.1, 0.15) is 12.4 Å². The first kappa shape index (κ1) is 17.8. The van der Waals surface area contributed by atoms with Crippen molar-refractivity contribution in [2.45, 2.75) is 32.0 Å². The lowest BCUT2D eigenvalue weighted by molar-refractivity contribution is 0.201. The van der Waals surface area contributed by atoms with Crippen molar-refractivity contribution in [3.8, 4) is 5.75 Å². The second-order valence-corrected chi connectivity index (χ2v) is 6.06. The fourth-order valence-electron chi connectivity index (χ4n) is 2.93. The predicted molar refractivity (Wildman–Crippen MR) is 97.0 cm³/mol. The van der Waals surface area contributed by atoms with Crippen LogP contribution >= 0.6 is 12.4 Å². The van der Waals surface area contributed by atoms with Crippen molar-refractivity contribution in [1.29, 1.82) is 0 Å². The number of benzene rings is 2. The van der Waals surface area contributed by atoms with E-state index in [9.17, 15) is 0 Å². The van der Waals surface area contributed by atoms with Crippen LogP contribution in [0.1, 0.15) is 24.0 Å². The number of hydrogen-bond donors (Lipinski definition) is 1. The quantitative estimate of drug-likeness (QED) is 0.909. The summed E-state index contributed by atoms with van der Waals surface area (Å²) >= 11 is 0. The molecule has 0 aliphatic carbocycles. The number of piperidine rings is 1. The third-order valence-electron chi connectivity index (χ3n) is 4.12. The van der Waals surface area contributed by atoms with Gasteiger partial charge in [0.25, 0.3) is 0 Å². The molecule has 0 aromatic heterocycles. The Bertz CT molecular complexity index is 574. The number of likely N-dealkylation sites (tertiary alicyclic amines) is 1.